The van der Waals surface area contributed by atoms with Crippen molar-refractivity contribution in [3.05, 3.63) is 18.0 Å². The molecule has 17 heavy (non-hydrogen) atoms. The first-order valence-electron chi connectivity index (χ1n) is 6.77. The van der Waals surface area contributed by atoms with E-state index < -0.39 is 0 Å². The molecule has 0 amide bonds. The molecule has 0 N–H and O–H groups in total. The molecule has 2 heterocycles. The lowest BCUT2D eigenvalue weighted by Gasteiger charge is -2.29. The van der Waals surface area contributed by atoms with Gasteiger partial charge in [0.05, 0.1) is 0 Å². The number of aromatic nitrogens is 2. The molecule has 2 atom stereocenters. The van der Waals surface area contributed by atoms with Crippen LogP contribution in [0.3, 0.4) is 0 Å². The fourth-order valence-electron chi connectivity index (χ4n) is 2.81. The average Bonchev–Trinajstić information content (AvgIpc) is 2.79. The highest BCUT2D eigenvalue weighted by atomic mass is 15.3. The fourth-order valence-corrected chi connectivity index (χ4v) is 2.81. The Morgan fingerprint density at radius 1 is 1.41 bits per heavy atom. The van der Waals surface area contributed by atoms with Gasteiger partial charge in [-0.15, -0.1) is 0 Å². The third-order valence-corrected chi connectivity index (χ3v) is 3.72. The van der Waals surface area contributed by atoms with Crippen molar-refractivity contribution >= 4 is 5.95 Å². The summed E-state index contributed by atoms with van der Waals surface area (Å²) < 4.78 is 0. The maximum absolute atomic E-state index is 4.47. The molecule has 1 aromatic heterocycles. The van der Waals surface area contributed by atoms with Crippen LogP contribution < -0.4 is 4.90 Å². The number of hydrogen-bond donors (Lipinski definition) is 0. The van der Waals surface area contributed by atoms with E-state index in [1.807, 2.05) is 19.3 Å². The Morgan fingerprint density at radius 3 is 2.76 bits per heavy atom. The number of nitrogens with zero attached hydrogens (tertiary/aromatic N) is 3. The van der Waals surface area contributed by atoms with Crippen LogP contribution in [0.1, 0.15) is 45.1 Å². The predicted octanol–water partition coefficient (Wildman–Crippen LogP) is 3.19. The van der Waals surface area contributed by atoms with Crippen molar-refractivity contribution in [2.45, 2.75) is 52.5 Å². The van der Waals surface area contributed by atoms with E-state index in [4.69, 9.17) is 0 Å². The smallest absolute Gasteiger partial charge is 0.225 e. The lowest BCUT2D eigenvalue weighted by molar-refractivity contribution is 0.418. The number of aryl methyl sites for hydroxylation is 1. The minimum Gasteiger partial charge on any atom is -0.338 e. The van der Waals surface area contributed by atoms with Crippen molar-refractivity contribution in [3.8, 4) is 0 Å². The molecule has 0 bridgehead atoms. The van der Waals surface area contributed by atoms with Crippen molar-refractivity contribution < 1.29 is 0 Å². The summed E-state index contributed by atoms with van der Waals surface area (Å²) in [6.07, 6.45) is 8.96. The normalized spacial score (nSPS) is 21.8. The van der Waals surface area contributed by atoms with E-state index in [1.54, 1.807) is 0 Å². The molecule has 0 saturated carbocycles. The molecule has 1 fully saturated rings. The lowest BCUT2D eigenvalue weighted by Crippen LogP contribution is -2.35. The molecular formula is C14H23N3. The summed E-state index contributed by atoms with van der Waals surface area (Å²) in [6.45, 7) is 7.77. The van der Waals surface area contributed by atoms with Gasteiger partial charge in [-0.05, 0) is 37.7 Å². The SMILES string of the molecule is CCCC(C)C1CCCN1c1ncc(C)cn1. The first-order chi connectivity index (χ1) is 8.22. The first-order valence-corrected chi connectivity index (χ1v) is 6.77. The van der Waals surface area contributed by atoms with Gasteiger partial charge < -0.3 is 4.90 Å². The van der Waals surface area contributed by atoms with Crippen LogP contribution in [0.15, 0.2) is 12.4 Å². The summed E-state index contributed by atoms with van der Waals surface area (Å²) in [6, 6.07) is 0.637. The molecule has 0 aliphatic carbocycles. The molecule has 3 nitrogen and oxygen atoms in total. The van der Waals surface area contributed by atoms with E-state index in [-0.39, 0.29) is 0 Å². The monoisotopic (exact) mass is 233 g/mol. The molecule has 1 aliphatic rings. The Kier molecular flexibility index (Phi) is 3.97. The van der Waals surface area contributed by atoms with Gasteiger partial charge in [0.15, 0.2) is 0 Å². The van der Waals surface area contributed by atoms with Crippen molar-refractivity contribution in [3.63, 3.8) is 0 Å². The summed E-state index contributed by atoms with van der Waals surface area (Å²) in [5.41, 5.74) is 1.13. The van der Waals surface area contributed by atoms with E-state index in [0.717, 1.165) is 24.0 Å². The minimum atomic E-state index is 0.637. The zero-order chi connectivity index (χ0) is 12.3. The van der Waals surface area contributed by atoms with Crippen LogP contribution in [0.25, 0.3) is 0 Å². The zero-order valence-corrected chi connectivity index (χ0v) is 11.2. The zero-order valence-electron chi connectivity index (χ0n) is 11.2. The van der Waals surface area contributed by atoms with Crippen LogP contribution in [-0.4, -0.2) is 22.6 Å². The molecule has 0 spiro atoms. The first kappa shape index (κ1) is 12.3. The van der Waals surface area contributed by atoms with E-state index in [1.165, 1.54) is 25.7 Å². The Bertz CT molecular complexity index is 347. The largest absolute Gasteiger partial charge is 0.338 e. The third kappa shape index (κ3) is 2.76. The summed E-state index contributed by atoms with van der Waals surface area (Å²) in [7, 11) is 0. The number of rotatable bonds is 4. The van der Waals surface area contributed by atoms with Crippen LogP contribution >= 0.6 is 0 Å². The van der Waals surface area contributed by atoms with E-state index in [0.29, 0.717) is 6.04 Å². The van der Waals surface area contributed by atoms with Crippen molar-refractivity contribution in [2.24, 2.45) is 5.92 Å². The van der Waals surface area contributed by atoms with Gasteiger partial charge >= 0.3 is 0 Å². The number of hydrogen-bond acceptors (Lipinski definition) is 3. The van der Waals surface area contributed by atoms with Gasteiger partial charge in [0.25, 0.3) is 0 Å². The second kappa shape index (κ2) is 5.48. The number of anilines is 1. The van der Waals surface area contributed by atoms with Gasteiger partial charge in [-0.1, -0.05) is 20.3 Å². The molecule has 1 saturated heterocycles. The van der Waals surface area contributed by atoms with Gasteiger partial charge in [-0.3, -0.25) is 0 Å². The summed E-state index contributed by atoms with van der Waals surface area (Å²) in [4.78, 5) is 11.3. The fraction of sp³-hybridized carbons (Fsp3) is 0.714. The van der Waals surface area contributed by atoms with E-state index in [2.05, 4.69) is 28.7 Å². The second-order valence-corrected chi connectivity index (χ2v) is 5.23. The maximum Gasteiger partial charge on any atom is 0.225 e. The average molecular weight is 233 g/mol. The molecular weight excluding hydrogens is 210 g/mol. The molecule has 0 aromatic carbocycles. The van der Waals surface area contributed by atoms with Crippen molar-refractivity contribution in [1.29, 1.82) is 0 Å². The lowest BCUT2D eigenvalue weighted by atomic mass is 9.95. The molecule has 2 unspecified atom stereocenters. The highest BCUT2D eigenvalue weighted by molar-refractivity contribution is 5.33. The summed E-state index contributed by atoms with van der Waals surface area (Å²) >= 11 is 0. The third-order valence-electron chi connectivity index (χ3n) is 3.72. The Balaban J connectivity index is 2.11. The van der Waals surface area contributed by atoms with Crippen LogP contribution in [-0.2, 0) is 0 Å². The molecule has 1 aromatic rings. The van der Waals surface area contributed by atoms with Crippen LogP contribution in [0, 0.1) is 12.8 Å². The Labute approximate surface area is 104 Å². The molecule has 2 rings (SSSR count). The van der Waals surface area contributed by atoms with Gasteiger partial charge in [0, 0.05) is 25.0 Å². The van der Waals surface area contributed by atoms with Gasteiger partial charge in [0.1, 0.15) is 0 Å². The topological polar surface area (TPSA) is 29.0 Å². The maximum atomic E-state index is 4.47. The minimum absolute atomic E-state index is 0.637. The summed E-state index contributed by atoms with van der Waals surface area (Å²) in [5.74, 6) is 1.66. The van der Waals surface area contributed by atoms with Crippen LogP contribution in [0.5, 0.6) is 0 Å². The van der Waals surface area contributed by atoms with Gasteiger partial charge in [-0.25, -0.2) is 9.97 Å². The van der Waals surface area contributed by atoms with E-state index in [9.17, 15) is 0 Å². The molecule has 3 heteroatoms. The van der Waals surface area contributed by atoms with Gasteiger partial charge in [-0.2, -0.15) is 0 Å². The van der Waals surface area contributed by atoms with Gasteiger partial charge in [0.2, 0.25) is 5.95 Å². The quantitative estimate of drug-likeness (QED) is 0.799. The molecule has 1 aliphatic heterocycles. The van der Waals surface area contributed by atoms with Crippen LogP contribution in [0.2, 0.25) is 0 Å². The van der Waals surface area contributed by atoms with Crippen LogP contribution in [0.4, 0.5) is 5.95 Å². The predicted molar refractivity (Wildman–Crippen MR) is 71.2 cm³/mol. The Hall–Kier alpha value is -1.12. The second-order valence-electron chi connectivity index (χ2n) is 5.23. The standard InChI is InChI=1S/C14H23N3/c1-4-6-12(3)13-7-5-8-17(13)14-15-9-11(2)10-16-14/h9-10,12-13H,4-8H2,1-3H3. The molecule has 0 radical (unpaired) electrons. The highest BCUT2D eigenvalue weighted by Gasteiger charge is 2.30. The molecule has 94 valence electrons. The highest BCUT2D eigenvalue weighted by Crippen LogP contribution is 2.29. The van der Waals surface area contributed by atoms with Crippen molar-refractivity contribution in [1.82, 2.24) is 9.97 Å². The summed E-state index contributed by atoms with van der Waals surface area (Å²) in [5, 5.41) is 0. The van der Waals surface area contributed by atoms with Crippen molar-refractivity contribution in [2.75, 3.05) is 11.4 Å². The Morgan fingerprint density at radius 2 is 2.12 bits per heavy atom. The van der Waals surface area contributed by atoms with E-state index >= 15 is 0 Å².